The predicted molar refractivity (Wildman–Crippen MR) is 105 cm³/mol. The van der Waals surface area contributed by atoms with E-state index in [-0.39, 0.29) is 10.8 Å². The third-order valence-electron chi connectivity index (χ3n) is 3.97. The Balaban J connectivity index is 2.15. The van der Waals surface area contributed by atoms with E-state index in [0.717, 1.165) is 23.5 Å². The topological polar surface area (TPSA) is 79.4 Å². The van der Waals surface area contributed by atoms with Crippen LogP contribution < -0.4 is 5.32 Å². The van der Waals surface area contributed by atoms with Crippen LogP contribution in [0.1, 0.15) is 47.6 Å². The Kier molecular flexibility index (Phi) is 6.91. The molecule has 1 aromatic carbocycles. The Bertz CT molecular complexity index is 854. The molecule has 0 radical (unpaired) electrons. The van der Waals surface area contributed by atoms with Crippen LogP contribution in [-0.2, 0) is 16.4 Å². The van der Waals surface area contributed by atoms with Gasteiger partial charge in [0.15, 0.2) is 0 Å². The number of aromatic nitrogens is 1. The Hall–Kier alpha value is -1.77. The first kappa shape index (κ1) is 20.5. The highest BCUT2D eigenvalue weighted by Crippen LogP contribution is 2.22. The Labute approximate surface area is 159 Å². The van der Waals surface area contributed by atoms with Gasteiger partial charge < -0.3 is 5.32 Å². The van der Waals surface area contributed by atoms with Crippen LogP contribution in [0.2, 0.25) is 0 Å². The minimum absolute atomic E-state index is 0.221. The third kappa shape index (κ3) is 4.49. The van der Waals surface area contributed by atoms with Gasteiger partial charge in [-0.15, -0.1) is 11.3 Å². The first-order valence-corrected chi connectivity index (χ1v) is 11.0. The number of hydrogen-bond acceptors (Lipinski definition) is 5. The molecule has 1 N–H and O–H groups in total. The van der Waals surface area contributed by atoms with Crippen LogP contribution in [0.5, 0.6) is 0 Å². The van der Waals surface area contributed by atoms with Crippen molar-refractivity contribution in [2.24, 2.45) is 0 Å². The molecule has 0 fully saturated rings. The summed E-state index contributed by atoms with van der Waals surface area (Å²) in [7, 11) is -3.50. The molecule has 26 heavy (non-hydrogen) atoms. The zero-order valence-electron chi connectivity index (χ0n) is 15.6. The smallest absolute Gasteiger partial charge is 0.267 e. The van der Waals surface area contributed by atoms with Gasteiger partial charge >= 0.3 is 0 Å². The zero-order valence-corrected chi connectivity index (χ0v) is 17.2. The van der Waals surface area contributed by atoms with Gasteiger partial charge in [0.25, 0.3) is 5.91 Å². The van der Waals surface area contributed by atoms with Crippen LogP contribution in [0.3, 0.4) is 0 Å². The highest BCUT2D eigenvalue weighted by Gasteiger charge is 2.21. The Morgan fingerprint density at radius 1 is 1.15 bits per heavy atom. The normalized spacial score (nSPS) is 11.7. The largest absolute Gasteiger partial charge is 0.321 e. The minimum atomic E-state index is -3.50. The maximum absolute atomic E-state index is 12.5. The standard InChI is InChI=1S/C18H25N3O3S2/c1-5-8-16-19-13(4)17(25-16)18(22)20-14-9-11-15(12-10-14)26(23,24)21(6-2)7-3/h9-12H,5-8H2,1-4H3,(H,20,22). The molecule has 8 heteroatoms. The summed E-state index contributed by atoms with van der Waals surface area (Å²) in [5.41, 5.74) is 1.27. The molecular formula is C18H25N3O3S2. The van der Waals surface area contributed by atoms with Crippen molar-refractivity contribution in [3.63, 3.8) is 0 Å². The van der Waals surface area contributed by atoms with Gasteiger partial charge in [-0.25, -0.2) is 13.4 Å². The number of hydrogen-bond donors (Lipinski definition) is 1. The van der Waals surface area contributed by atoms with Crippen LogP contribution in [0.25, 0.3) is 0 Å². The molecule has 0 bridgehead atoms. The van der Waals surface area contributed by atoms with E-state index in [4.69, 9.17) is 0 Å². The summed E-state index contributed by atoms with van der Waals surface area (Å²) in [4.78, 5) is 17.7. The van der Waals surface area contributed by atoms with E-state index in [1.165, 1.54) is 27.8 Å². The molecule has 2 rings (SSSR count). The summed E-state index contributed by atoms with van der Waals surface area (Å²) in [6.45, 7) is 8.35. The average Bonchev–Trinajstić information content (AvgIpc) is 2.97. The molecular weight excluding hydrogens is 370 g/mol. The van der Waals surface area contributed by atoms with E-state index in [2.05, 4.69) is 17.2 Å². The van der Waals surface area contributed by atoms with Gasteiger partial charge in [-0.05, 0) is 44.0 Å². The van der Waals surface area contributed by atoms with Crippen LogP contribution in [0.4, 0.5) is 5.69 Å². The molecule has 0 unspecified atom stereocenters. The fourth-order valence-electron chi connectivity index (χ4n) is 2.59. The summed E-state index contributed by atoms with van der Waals surface area (Å²) in [6, 6.07) is 6.26. The molecule has 2 aromatic rings. The highest BCUT2D eigenvalue weighted by atomic mass is 32.2. The molecule has 1 amide bonds. The lowest BCUT2D eigenvalue weighted by Crippen LogP contribution is -2.30. The Morgan fingerprint density at radius 2 is 1.77 bits per heavy atom. The fourth-order valence-corrected chi connectivity index (χ4v) is 5.11. The van der Waals surface area contributed by atoms with Crippen molar-refractivity contribution in [3.05, 3.63) is 39.8 Å². The van der Waals surface area contributed by atoms with Crippen molar-refractivity contribution >= 4 is 33.0 Å². The predicted octanol–water partition coefficient (Wildman–Crippen LogP) is 3.69. The monoisotopic (exact) mass is 395 g/mol. The van der Waals surface area contributed by atoms with Gasteiger partial charge in [-0.3, -0.25) is 4.79 Å². The van der Waals surface area contributed by atoms with Crippen molar-refractivity contribution in [1.82, 2.24) is 9.29 Å². The summed E-state index contributed by atoms with van der Waals surface area (Å²) in [5, 5.41) is 3.77. The fraction of sp³-hybridized carbons (Fsp3) is 0.444. The van der Waals surface area contributed by atoms with E-state index < -0.39 is 10.0 Å². The van der Waals surface area contributed by atoms with Crippen molar-refractivity contribution < 1.29 is 13.2 Å². The summed E-state index contributed by atoms with van der Waals surface area (Å²) < 4.78 is 26.4. The second-order valence-corrected chi connectivity index (χ2v) is 8.86. The lowest BCUT2D eigenvalue weighted by Gasteiger charge is -2.18. The van der Waals surface area contributed by atoms with E-state index in [0.29, 0.717) is 23.7 Å². The van der Waals surface area contributed by atoms with E-state index in [9.17, 15) is 13.2 Å². The van der Waals surface area contributed by atoms with Gasteiger partial charge in [-0.2, -0.15) is 4.31 Å². The number of sulfonamides is 1. The van der Waals surface area contributed by atoms with Crippen LogP contribution in [-0.4, -0.2) is 36.7 Å². The summed E-state index contributed by atoms with van der Waals surface area (Å²) in [6.07, 6.45) is 1.84. The van der Waals surface area contributed by atoms with Gasteiger partial charge in [0.05, 0.1) is 15.6 Å². The summed E-state index contributed by atoms with van der Waals surface area (Å²) in [5.74, 6) is -0.221. The van der Waals surface area contributed by atoms with E-state index in [1.54, 1.807) is 26.0 Å². The van der Waals surface area contributed by atoms with E-state index in [1.807, 2.05) is 6.92 Å². The lowest BCUT2D eigenvalue weighted by atomic mass is 10.3. The molecule has 0 atom stereocenters. The molecule has 6 nitrogen and oxygen atoms in total. The van der Waals surface area contributed by atoms with Crippen molar-refractivity contribution in [3.8, 4) is 0 Å². The number of carbonyl (C=O) groups excluding carboxylic acids is 1. The molecule has 0 spiro atoms. The second-order valence-electron chi connectivity index (χ2n) is 5.84. The summed E-state index contributed by atoms with van der Waals surface area (Å²) >= 11 is 1.40. The SMILES string of the molecule is CCCc1nc(C)c(C(=O)Nc2ccc(S(=O)(=O)N(CC)CC)cc2)s1. The molecule has 1 aromatic heterocycles. The zero-order chi connectivity index (χ0) is 19.3. The maximum Gasteiger partial charge on any atom is 0.267 e. The highest BCUT2D eigenvalue weighted by molar-refractivity contribution is 7.89. The molecule has 1 heterocycles. The quantitative estimate of drug-likeness (QED) is 0.739. The van der Waals surface area contributed by atoms with Crippen molar-refractivity contribution in [1.29, 1.82) is 0 Å². The van der Waals surface area contributed by atoms with Crippen LogP contribution in [0.15, 0.2) is 29.2 Å². The number of carbonyl (C=O) groups is 1. The van der Waals surface area contributed by atoms with Gasteiger partial charge in [0.2, 0.25) is 10.0 Å². The lowest BCUT2D eigenvalue weighted by molar-refractivity contribution is 0.103. The number of benzene rings is 1. The molecule has 0 aliphatic carbocycles. The van der Waals surface area contributed by atoms with Crippen LogP contribution >= 0.6 is 11.3 Å². The van der Waals surface area contributed by atoms with E-state index >= 15 is 0 Å². The molecule has 0 saturated heterocycles. The Morgan fingerprint density at radius 3 is 2.31 bits per heavy atom. The van der Waals surface area contributed by atoms with Crippen molar-refractivity contribution in [2.45, 2.75) is 45.4 Å². The first-order valence-electron chi connectivity index (χ1n) is 8.71. The number of rotatable bonds is 8. The second kappa shape index (κ2) is 8.75. The maximum atomic E-state index is 12.5. The van der Waals surface area contributed by atoms with Gasteiger partial charge in [-0.1, -0.05) is 20.8 Å². The molecule has 0 aliphatic heterocycles. The number of aryl methyl sites for hydroxylation is 2. The number of anilines is 1. The molecule has 142 valence electrons. The molecule has 0 aliphatic rings. The van der Waals surface area contributed by atoms with Crippen molar-refractivity contribution in [2.75, 3.05) is 18.4 Å². The third-order valence-corrected chi connectivity index (χ3v) is 7.25. The van der Waals surface area contributed by atoms with Gasteiger partial charge in [0.1, 0.15) is 4.88 Å². The molecule has 0 saturated carbocycles. The average molecular weight is 396 g/mol. The van der Waals surface area contributed by atoms with Crippen LogP contribution in [0, 0.1) is 6.92 Å². The number of amides is 1. The number of nitrogens with one attached hydrogen (secondary N) is 1. The number of nitrogens with zero attached hydrogens (tertiary/aromatic N) is 2. The van der Waals surface area contributed by atoms with Gasteiger partial charge in [0, 0.05) is 18.8 Å². The number of thiazole rings is 1. The minimum Gasteiger partial charge on any atom is -0.321 e. The first-order chi connectivity index (χ1) is 12.3.